The molecule has 2 aromatic rings. The van der Waals surface area contributed by atoms with Crippen molar-refractivity contribution in [3.63, 3.8) is 0 Å². The molecule has 0 aromatic heterocycles. The smallest absolute Gasteiger partial charge is 0.321 e. The van der Waals surface area contributed by atoms with E-state index in [1.165, 1.54) is 5.56 Å². The van der Waals surface area contributed by atoms with Gasteiger partial charge in [-0.25, -0.2) is 4.79 Å². The Hall–Kier alpha value is -2.20. The summed E-state index contributed by atoms with van der Waals surface area (Å²) in [6.07, 6.45) is 0.974. The second-order valence-electron chi connectivity index (χ2n) is 4.42. The number of carbonyl (C=O) groups excluding carboxylic acids is 1. The summed E-state index contributed by atoms with van der Waals surface area (Å²) in [4.78, 5) is 11.7. The average molecular weight is 305 g/mol. The fourth-order valence-corrected chi connectivity index (χ4v) is 1.84. The van der Waals surface area contributed by atoms with Crippen LogP contribution < -0.4 is 15.4 Å². The lowest BCUT2D eigenvalue weighted by atomic mass is 10.1. The highest BCUT2D eigenvalue weighted by atomic mass is 35.5. The van der Waals surface area contributed by atoms with E-state index in [0.29, 0.717) is 10.8 Å². The third kappa shape index (κ3) is 5.00. The Balaban J connectivity index is 1.75. The lowest BCUT2D eigenvalue weighted by Gasteiger charge is -2.09. The van der Waals surface area contributed by atoms with Gasteiger partial charge in [0.05, 0.1) is 0 Å². The van der Waals surface area contributed by atoms with Crippen LogP contribution in [-0.2, 0) is 6.42 Å². The normalized spacial score (nSPS) is 10.0. The monoisotopic (exact) mass is 304 g/mol. The van der Waals surface area contributed by atoms with Gasteiger partial charge in [0.15, 0.2) is 6.73 Å². The van der Waals surface area contributed by atoms with Crippen LogP contribution in [0.4, 0.5) is 10.5 Å². The van der Waals surface area contributed by atoms with Gasteiger partial charge in [0.2, 0.25) is 0 Å². The molecule has 21 heavy (non-hydrogen) atoms. The summed E-state index contributed by atoms with van der Waals surface area (Å²) in [6, 6.07) is 14.3. The van der Waals surface area contributed by atoms with Crippen molar-refractivity contribution in [3.05, 3.63) is 59.1 Å². The zero-order valence-electron chi connectivity index (χ0n) is 11.7. The minimum atomic E-state index is -0.312. The van der Waals surface area contributed by atoms with Gasteiger partial charge in [0.1, 0.15) is 5.75 Å². The molecule has 0 spiro atoms. The largest absolute Gasteiger partial charge is 0.473 e. The number of amides is 2. The van der Waals surface area contributed by atoms with Gasteiger partial charge in [-0.1, -0.05) is 30.7 Å². The molecular formula is C16H17ClN2O2. The van der Waals surface area contributed by atoms with Crippen molar-refractivity contribution in [3.8, 4) is 5.75 Å². The maximum absolute atomic E-state index is 11.7. The van der Waals surface area contributed by atoms with E-state index < -0.39 is 0 Å². The molecule has 4 nitrogen and oxygen atoms in total. The van der Waals surface area contributed by atoms with Gasteiger partial charge in [-0.15, -0.1) is 0 Å². The number of hydrogen-bond donors (Lipinski definition) is 2. The van der Waals surface area contributed by atoms with Crippen LogP contribution in [0, 0.1) is 0 Å². The van der Waals surface area contributed by atoms with Crippen LogP contribution >= 0.6 is 11.6 Å². The Morgan fingerprint density at radius 3 is 2.38 bits per heavy atom. The first-order valence-electron chi connectivity index (χ1n) is 6.69. The average Bonchev–Trinajstić information content (AvgIpc) is 2.50. The maximum Gasteiger partial charge on any atom is 0.321 e. The summed E-state index contributed by atoms with van der Waals surface area (Å²) < 4.78 is 5.38. The van der Waals surface area contributed by atoms with E-state index >= 15 is 0 Å². The van der Waals surface area contributed by atoms with Crippen molar-refractivity contribution in [2.24, 2.45) is 0 Å². The molecule has 0 aliphatic rings. The lowest BCUT2D eigenvalue weighted by Crippen LogP contribution is -2.31. The van der Waals surface area contributed by atoms with E-state index in [1.54, 1.807) is 24.3 Å². The van der Waals surface area contributed by atoms with E-state index in [-0.39, 0.29) is 12.8 Å². The van der Waals surface area contributed by atoms with Gasteiger partial charge in [-0.05, 0) is 48.4 Å². The van der Waals surface area contributed by atoms with Gasteiger partial charge in [-0.2, -0.15) is 0 Å². The van der Waals surface area contributed by atoms with Gasteiger partial charge >= 0.3 is 6.03 Å². The number of anilines is 1. The highest BCUT2D eigenvalue weighted by Gasteiger charge is 2.01. The van der Waals surface area contributed by atoms with Crippen molar-refractivity contribution in [2.45, 2.75) is 13.3 Å². The van der Waals surface area contributed by atoms with Crippen LogP contribution in [0.25, 0.3) is 0 Å². The fourth-order valence-electron chi connectivity index (χ4n) is 1.71. The Morgan fingerprint density at radius 1 is 1.10 bits per heavy atom. The summed E-state index contributed by atoms with van der Waals surface area (Å²) in [5.74, 6) is 0.645. The first kappa shape index (κ1) is 15.2. The zero-order chi connectivity index (χ0) is 15.1. The summed E-state index contributed by atoms with van der Waals surface area (Å²) in [5, 5.41) is 6.00. The first-order valence-corrected chi connectivity index (χ1v) is 7.07. The predicted molar refractivity (Wildman–Crippen MR) is 84.9 cm³/mol. The van der Waals surface area contributed by atoms with Gasteiger partial charge in [0, 0.05) is 10.7 Å². The molecule has 0 aliphatic heterocycles. The van der Waals surface area contributed by atoms with Crippen molar-refractivity contribution in [1.82, 2.24) is 5.32 Å². The van der Waals surface area contributed by atoms with Crippen molar-refractivity contribution in [1.29, 1.82) is 0 Å². The molecule has 0 atom stereocenters. The summed E-state index contributed by atoms with van der Waals surface area (Å²) in [7, 11) is 0. The summed E-state index contributed by atoms with van der Waals surface area (Å²) in [5.41, 5.74) is 1.98. The van der Waals surface area contributed by atoms with Crippen LogP contribution in [0.1, 0.15) is 12.5 Å². The molecule has 0 saturated carbocycles. The Kier molecular flexibility index (Phi) is 5.46. The molecule has 0 aliphatic carbocycles. The predicted octanol–water partition coefficient (Wildman–Crippen LogP) is 4.06. The Bertz CT molecular complexity index is 582. The van der Waals surface area contributed by atoms with Crippen LogP contribution in [0.5, 0.6) is 5.75 Å². The Labute approximate surface area is 129 Å². The van der Waals surface area contributed by atoms with E-state index in [0.717, 1.165) is 12.1 Å². The quantitative estimate of drug-likeness (QED) is 0.818. The van der Waals surface area contributed by atoms with E-state index in [9.17, 15) is 4.79 Å². The topological polar surface area (TPSA) is 50.4 Å². The van der Waals surface area contributed by atoms with Crippen molar-refractivity contribution >= 4 is 23.3 Å². The molecule has 2 amide bonds. The number of urea groups is 1. The highest BCUT2D eigenvalue weighted by molar-refractivity contribution is 6.30. The number of nitrogens with one attached hydrogen (secondary N) is 2. The fraction of sp³-hybridized carbons (Fsp3) is 0.188. The van der Waals surface area contributed by atoms with Gasteiger partial charge in [-0.3, -0.25) is 0 Å². The Morgan fingerprint density at radius 2 is 1.76 bits per heavy atom. The minimum Gasteiger partial charge on any atom is -0.473 e. The number of hydrogen-bond acceptors (Lipinski definition) is 2. The maximum atomic E-state index is 11.7. The molecule has 0 fully saturated rings. The molecule has 5 heteroatoms. The summed E-state index contributed by atoms with van der Waals surface area (Å²) in [6.45, 7) is 2.17. The summed E-state index contributed by atoms with van der Waals surface area (Å²) >= 11 is 5.77. The van der Waals surface area contributed by atoms with Crippen LogP contribution in [0.15, 0.2) is 48.5 Å². The van der Waals surface area contributed by atoms with Crippen LogP contribution in [0.3, 0.4) is 0 Å². The van der Waals surface area contributed by atoms with Crippen molar-refractivity contribution < 1.29 is 9.53 Å². The molecule has 0 bridgehead atoms. The number of ether oxygens (including phenoxy) is 1. The minimum absolute atomic E-state index is 0.0838. The number of halogens is 1. The molecular weight excluding hydrogens is 288 g/mol. The molecule has 2 N–H and O–H groups in total. The molecule has 0 saturated heterocycles. The van der Waals surface area contributed by atoms with E-state index in [1.807, 2.05) is 24.3 Å². The van der Waals surface area contributed by atoms with E-state index in [4.69, 9.17) is 16.3 Å². The molecule has 110 valence electrons. The third-order valence-electron chi connectivity index (χ3n) is 2.91. The lowest BCUT2D eigenvalue weighted by molar-refractivity contribution is 0.234. The second kappa shape index (κ2) is 7.55. The number of carbonyl (C=O) groups is 1. The number of aryl methyl sites for hydroxylation is 1. The molecule has 2 rings (SSSR count). The van der Waals surface area contributed by atoms with Gasteiger partial charge in [0.25, 0.3) is 0 Å². The van der Waals surface area contributed by atoms with Crippen molar-refractivity contribution in [2.75, 3.05) is 12.0 Å². The molecule has 0 unspecified atom stereocenters. The molecule has 0 radical (unpaired) electrons. The molecule has 0 heterocycles. The standard InChI is InChI=1S/C16H17ClN2O2/c1-2-12-3-7-14(8-4-12)19-16(20)18-11-21-15-9-5-13(17)6-10-15/h3-10H,2,11H2,1H3,(H2,18,19,20). The molecule has 2 aromatic carbocycles. The third-order valence-corrected chi connectivity index (χ3v) is 3.16. The SMILES string of the molecule is CCc1ccc(NC(=O)NCOc2ccc(Cl)cc2)cc1. The second-order valence-corrected chi connectivity index (χ2v) is 4.86. The number of benzene rings is 2. The number of rotatable bonds is 5. The van der Waals surface area contributed by atoms with Gasteiger partial charge < -0.3 is 15.4 Å². The van der Waals surface area contributed by atoms with Crippen LogP contribution in [0.2, 0.25) is 5.02 Å². The van der Waals surface area contributed by atoms with Crippen LogP contribution in [-0.4, -0.2) is 12.8 Å². The first-order chi connectivity index (χ1) is 10.2. The van der Waals surface area contributed by atoms with E-state index in [2.05, 4.69) is 17.6 Å². The zero-order valence-corrected chi connectivity index (χ0v) is 12.5. The highest BCUT2D eigenvalue weighted by Crippen LogP contribution is 2.15.